The lowest BCUT2D eigenvalue weighted by molar-refractivity contribution is -0.125. The smallest absolute Gasteiger partial charge is 0.246 e. The molecular weight excluding hydrogens is 448 g/mol. The zero-order valence-corrected chi connectivity index (χ0v) is 20.2. The maximum absolute atomic E-state index is 12.0. The third kappa shape index (κ3) is 5.35. The van der Waals surface area contributed by atoms with E-state index in [9.17, 15) is 4.79 Å². The molecule has 2 saturated heterocycles. The minimum Gasteiger partial charge on any atom is -0.365 e. The van der Waals surface area contributed by atoms with Crippen molar-refractivity contribution in [3.8, 4) is 0 Å². The van der Waals surface area contributed by atoms with Crippen LogP contribution < -0.4 is 10.6 Å². The number of carbonyl (C=O) groups is 1. The lowest BCUT2D eigenvalue weighted by atomic mass is 10.2. The maximum atomic E-state index is 12.0. The van der Waals surface area contributed by atoms with Crippen molar-refractivity contribution >= 4 is 44.4 Å². The van der Waals surface area contributed by atoms with E-state index < -0.39 is 0 Å². The van der Waals surface area contributed by atoms with E-state index in [4.69, 9.17) is 4.98 Å². The third-order valence-corrected chi connectivity index (χ3v) is 7.21. The number of pyridine rings is 2. The first-order valence-corrected chi connectivity index (χ1v) is 12.5. The van der Waals surface area contributed by atoms with Crippen LogP contribution in [0.5, 0.6) is 0 Å². The molecule has 0 bridgehead atoms. The van der Waals surface area contributed by atoms with Crippen LogP contribution in [0.3, 0.4) is 0 Å². The van der Waals surface area contributed by atoms with Gasteiger partial charge in [-0.05, 0) is 49.4 Å². The van der Waals surface area contributed by atoms with E-state index in [1.54, 1.807) is 6.20 Å². The Morgan fingerprint density at radius 1 is 1.21 bits per heavy atom. The summed E-state index contributed by atoms with van der Waals surface area (Å²) in [6.07, 6.45) is 4.05. The van der Waals surface area contributed by atoms with E-state index in [1.807, 2.05) is 17.0 Å². The van der Waals surface area contributed by atoms with Crippen LogP contribution in [0.25, 0.3) is 10.3 Å². The lowest BCUT2D eigenvalue weighted by Crippen LogP contribution is -2.43. The van der Waals surface area contributed by atoms with Crippen LogP contribution in [0, 0.1) is 0 Å². The van der Waals surface area contributed by atoms with Gasteiger partial charge in [-0.25, -0.2) is 15.0 Å². The Kier molecular flexibility index (Phi) is 6.70. The van der Waals surface area contributed by atoms with Gasteiger partial charge in [0.1, 0.15) is 22.0 Å². The summed E-state index contributed by atoms with van der Waals surface area (Å²) in [4.78, 5) is 33.4. The average Bonchev–Trinajstić information content (AvgIpc) is 3.46. The molecule has 5 heterocycles. The molecule has 5 rings (SSSR count). The van der Waals surface area contributed by atoms with Crippen molar-refractivity contribution in [2.24, 2.45) is 0 Å². The Balaban J connectivity index is 1.35. The van der Waals surface area contributed by atoms with Gasteiger partial charge in [0.2, 0.25) is 5.91 Å². The number of thiazole rings is 1. The summed E-state index contributed by atoms with van der Waals surface area (Å²) >= 11 is 1.52. The largest absolute Gasteiger partial charge is 0.365 e. The fraction of sp³-hybridized carbons (Fsp3) is 0.417. The van der Waals surface area contributed by atoms with Crippen molar-refractivity contribution < 1.29 is 4.79 Å². The van der Waals surface area contributed by atoms with Gasteiger partial charge in [0, 0.05) is 58.1 Å². The summed E-state index contributed by atoms with van der Waals surface area (Å²) in [7, 11) is 2.17. The highest BCUT2D eigenvalue weighted by Crippen LogP contribution is 2.28. The van der Waals surface area contributed by atoms with Crippen LogP contribution in [0.2, 0.25) is 0 Å². The van der Waals surface area contributed by atoms with Gasteiger partial charge in [0.25, 0.3) is 0 Å². The predicted molar refractivity (Wildman–Crippen MR) is 137 cm³/mol. The first kappa shape index (κ1) is 22.7. The Hall–Kier alpha value is -3.08. The minimum atomic E-state index is -0.0205. The molecule has 0 saturated carbocycles. The summed E-state index contributed by atoms with van der Waals surface area (Å²) in [5.41, 5.74) is 2.07. The van der Waals surface area contributed by atoms with E-state index in [0.29, 0.717) is 6.54 Å². The number of nitrogens with zero attached hydrogens (tertiary/aromatic N) is 6. The van der Waals surface area contributed by atoms with Crippen LogP contribution >= 0.6 is 11.3 Å². The second kappa shape index (κ2) is 10.0. The van der Waals surface area contributed by atoms with Crippen molar-refractivity contribution in [2.75, 3.05) is 56.9 Å². The topological polar surface area (TPSA) is 89.5 Å². The maximum Gasteiger partial charge on any atom is 0.246 e. The van der Waals surface area contributed by atoms with E-state index in [1.165, 1.54) is 23.0 Å². The molecule has 3 aromatic rings. The molecule has 2 aliphatic heterocycles. The number of aromatic nitrogens is 3. The number of likely N-dealkylation sites (tertiary alicyclic amines) is 1. The number of piperazine rings is 1. The number of hydrogen-bond acceptors (Lipinski definition) is 9. The molecule has 2 fully saturated rings. The molecule has 1 atom stereocenters. The quantitative estimate of drug-likeness (QED) is 0.501. The Morgan fingerprint density at radius 3 is 2.82 bits per heavy atom. The highest BCUT2D eigenvalue weighted by molar-refractivity contribution is 7.21. The van der Waals surface area contributed by atoms with Gasteiger partial charge < -0.3 is 20.4 Å². The second-order valence-electron chi connectivity index (χ2n) is 8.92. The standard InChI is InChI=1S/C24H30N8OS/c1-3-22(33)32-8-6-18(16-32)26-20-13-17(15-31-11-9-30(2)10-12-31)14-21(28-20)29-24-27-19-5-4-7-25-23(19)34-24/h3-5,7,13-14,18H,1,6,8-12,15-16H2,2H3,(H2,26,27,28,29). The zero-order valence-electron chi connectivity index (χ0n) is 19.4. The molecule has 0 aliphatic carbocycles. The van der Waals surface area contributed by atoms with Crippen molar-refractivity contribution in [3.63, 3.8) is 0 Å². The SMILES string of the molecule is C=CC(=O)N1CCC(Nc2cc(CN3CCN(C)CC3)cc(Nc3nc4cccnc4s3)n2)C1. The summed E-state index contributed by atoms with van der Waals surface area (Å²) in [5.74, 6) is 1.55. The van der Waals surface area contributed by atoms with Crippen LogP contribution in [-0.4, -0.2) is 87.9 Å². The molecule has 2 N–H and O–H groups in total. The monoisotopic (exact) mass is 478 g/mol. The van der Waals surface area contributed by atoms with E-state index in [-0.39, 0.29) is 11.9 Å². The van der Waals surface area contributed by atoms with Crippen molar-refractivity contribution in [3.05, 3.63) is 48.7 Å². The summed E-state index contributed by atoms with van der Waals surface area (Å²) in [6.45, 7) is 10.1. The zero-order chi connectivity index (χ0) is 23.5. The molecule has 10 heteroatoms. The van der Waals surface area contributed by atoms with Crippen LogP contribution in [-0.2, 0) is 11.3 Å². The fourth-order valence-corrected chi connectivity index (χ4v) is 5.24. The van der Waals surface area contributed by atoms with Crippen LogP contribution in [0.15, 0.2) is 43.1 Å². The first-order chi connectivity index (χ1) is 16.6. The Morgan fingerprint density at radius 2 is 2.03 bits per heavy atom. The number of amides is 1. The van der Waals surface area contributed by atoms with Gasteiger partial charge in [-0.1, -0.05) is 17.9 Å². The number of rotatable bonds is 7. The lowest BCUT2D eigenvalue weighted by Gasteiger charge is -2.32. The van der Waals surface area contributed by atoms with Crippen molar-refractivity contribution in [1.29, 1.82) is 0 Å². The highest BCUT2D eigenvalue weighted by atomic mass is 32.1. The fourth-order valence-electron chi connectivity index (χ4n) is 4.43. The van der Waals surface area contributed by atoms with Crippen molar-refractivity contribution in [1.82, 2.24) is 29.7 Å². The van der Waals surface area contributed by atoms with E-state index in [2.05, 4.69) is 56.2 Å². The minimum absolute atomic E-state index is 0.0205. The molecule has 1 unspecified atom stereocenters. The number of nitrogens with one attached hydrogen (secondary N) is 2. The molecule has 0 spiro atoms. The van der Waals surface area contributed by atoms with Crippen LogP contribution in [0.4, 0.5) is 16.8 Å². The molecular formula is C24H30N8OS. The predicted octanol–water partition coefficient (Wildman–Crippen LogP) is 2.78. The summed E-state index contributed by atoms with van der Waals surface area (Å²) < 4.78 is 0. The molecule has 2 aliphatic rings. The molecule has 9 nitrogen and oxygen atoms in total. The van der Waals surface area contributed by atoms with Crippen LogP contribution in [0.1, 0.15) is 12.0 Å². The highest BCUT2D eigenvalue weighted by Gasteiger charge is 2.25. The van der Waals surface area contributed by atoms with Gasteiger partial charge in [-0.15, -0.1) is 0 Å². The number of hydrogen-bond donors (Lipinski definition) is 2. The second-order valence-corrected chi connectivity index (χ2v) is 9.89. The van der Waals surface area contributed by atoms with Gasteiger partial charge in [0.15, 0.2) is 5.13 Å². The third-order valence-electron chi connectivity index (χ3n) is 6.32. The summed E-state index contributed by atoms with van der Waals surface area (Å²) in [5, 5.41) is 7.71. The first-order valence-electron chi connectivity index (χ1n) is 11.6. The Bertz CT molecular complexity index is 1140. The number of anilines is 3. The average molecular weight is 479 g/mol. The number of likely N-dealkylation sites (N-methyl/N-ethyl adjacent to an activating group) is 1. The molecule has 0 aromatic carbocycles. The van der Waals surface area contributed by atoms with E-state index >= 15 is 0 Å². The molecule has 1 amide bonds. The Labute approximate surface area is 203 Å². The van der Waals surface area contributed by atoms with Gasteiger partial charge >= 0.3 is 0 Å². The normalized spacial score (nSPS) is 19.4. The van der Waals surface area contributed by atoms with Crippen molar-refractivity contribution in [2.45, 2.75) is 19.0 Å². The number of fused-ring (bicyclic) bond motifs is 1. The molecule has 0 radical (unpaired) electrons. The van der Waals surface area contributed by atoms with E-state index in [0.717, 1.165) is 72.8 Å². The van der Waals surface area contributed by atoms with Gasteiger partial charge in [0.05, 0.1) is 0 Å². The van der Waals surface area contributed by atoms with Gasteiger partial charge in [-0.2, -0.15) is 0 Å². The summed E-state index contributed by atoms with van der Waals surface area (Å²) in [6, 6.07) is 8.25. The number of carbonyl (C=O) groups excluding carboxylic acids is 1. The molecule has 34 heavy (non-hydrogen) atoms. The molecule has 3 aromatic heterocycles. The van der Waals surface area contributed by atoms with Gasteiger partial charge in [-0.3, -0.25) is 9.69 Å². The molecule has 178 valence electrons.